The summed E-state index contributed by atoms with van der Waals surface area (Å²) in [7, 11) is -3.37. The molecule has 0 atom stereocenters. The van der Waals surface area contributed by atoms with Gasteiger partial charge in [0.25, 0.3) is 0 Å². The fourth-order valence-corrected chi connectivity index (χ4v) is 3.18. The molecular formula is C13H12O2S2. The van der Waals surface area contributed by atoms with Crippen molar-refractivity contribution in [3.05, 3.63) is 54.6 Å². The first-order valence-electron chi connectivity index (χ1n) is 5.09. The first-order valence-corrected chi connectivity index (χ1v) is 7.79. The molecule has 2 aromatic rings. The Morgan fingerprint density at radius 2 is 1.35 bits per heavy atom. The molecule has 0 aromatic heterocycles. The van der Waals surface area contributed by atoms with Crippen LogP contribution in [0.25, 0.3) is 0 Å². The molecular weight excluding hydrogens is 252 g/mol. The van der Waals surface area contributed by atoms with Crippen LogP contribution in [0.5, 0.6) is 0 Å². The first kappa shape index (κ1) is 12.2. The van der Waals surface area contributed by atoms with Crippen molar-refractivity contribution in [1.29, 1.82) is 0 Å². The molecule has 0 spiro atoms. The molecule has 0 aliphatic heterocycles. The van der Waals surface area contributed by atoms with Crippen molar-refractivity contribution in [1.82, 2.24) is 0 Å². The maximum Gasteiger partial charge on any atom is 0.206 e. The van der Waals surface area contributed by atoms with E-state index in [9.17, 15) is 8.42 Å². The largest absolute Gasteiger partial charge is 0.219 e. The second-order valence-corrected chi connectivity index (χ2v) is 6.32. The zero-order valence-corrected chi connectivity index (χ0v) is 11.0. The molecule has 0 saturated carbocycles. The van der Waals surface area contributed by atoms with Gasteiger partial charge in [0.2, 0.25) is 9.84 Å². The van der Waals surface area contributed by atoms with Crippen molar-refractivity contribution in [2.45, 2.75) is 14.7 Å². The van der Waals surface area contributed by atoms with Crippen LogP contribution in [0, 0.1) is 0 Å². The van der Waals surface area contributed by atoms with Crippen molar-refractivity contribution in [2.75, 3.05) is 6.26 Å². The van der Waals surface area contributed by atoms with E-state index in [2.05, 4.69) is 0 Å². The highest BCUT2D eigenvalue weighted by atomic mass is 32.2. The SMILES string of the molecule is CSc1ccc(S(=O)(=O)c2ccccc2)cc1. The van der Waals surface area contributed by atoms with Crippen LogP contribution in [0.4, 0.5) is 0 Å². The molecule has 17 heavy (non-hydrogen) atoms. The minimum Gasteiger partial charge on any atom is -0.219 e. The standard InChI is InChI=1S/C13H12O2S2/c1-16-11-7-9-13(10-8-11)17(14,15)12-5-3-2-4-6-12/h2-10H,1H3. The summed E-state index contributed by atoms with van der Waals surface area (Å²) in [5.41, 5.74) is 0. The summed E-state index contributed by atoms with van der Waals surface area (Å²) in [6, 6.07) is 15.4. The fourth-order valence-electron chi connectivity index (χ4n) is 1.49. The van der Waals surface area contributed by atoms with Crippen molar-refractivity contribution >= 4 is 21.6 Å². The van der Waals surface area contributed by atoms with Crippen LogP contribution < -0.4 is 0 Å². The van der Waals surface area contributed by atoms with Gasteiger partial charge in [0.05, 0.1) is 9.79 Å². The second kappa shape index (κ2) is 4.94. The van der Waals surface area contributed by atoms with Crippen LogP contribution in [-0.2, 0) is 9.84 Å². The monoisotopic (exact) mass is 264 g/mol. The Hall–Kier alpha value is -1.26. The third-order valence-corrected chi connectivity index (χ3v) is 4.95. The smallest absolute Gasteiger partial charge is 0.206 e. The van der Waals surface area contributed by atoms with Gasteiger partial charge in [-0.1, -0.05) is 18.2 Å². The van der Waals surface area contributed by atoms with E-state index in [1.54, 1.807) is 54.2 Å². The minimum absolute atomic E-state index is 0.330. The van der Waals surface area contributed by atoms with E-state index in [4.69, 9.17) is 0 Å². The van der Waals surface area contributed by atoms with Crippen LogP contribution in [0.15, 0.2) is 69.3 Å². The maximum absolute atomic E-state index is 12.2. The molecule has 0 radical (unpaired) electrons. The van der Waals surface area contributed by atoms with Crippen molar-refractivity contribution in [3.63, 3.8) is 0 Å². The van der Waals surface area contributed by atoms with Crippen molar-refractivity contribution in [2.24, 2.45) is 0 Å². The molecule has 0 fully saturated rings. The van der Waals surface area contributed by atoms with Gasteiger partial charge < -0.3 is 0 Å². The van der Waals surface area contributed by atoms with E-state index in [1.165, 1.54) is 0 Å². The van der Waals surface area contributed by atoms with Gasteiger partial charge >= 0.3 is 0 Å². The van der Waals surface area contributed by atoms with Crippen LogP contribution in [0.1, 0.15) is 0 Å². The third kappa shape index (κ3) is 2.53. The first-order chi connectivity index (χ1) is 8.14. The van der Waals surface area contributed by atoms with Gasteiger partial charge in [0.15, 0.2) is 0 Å². The molecule has 0 N–H and O–H groups in total. The minimum atomic E-state index is -3.37. The van der Waals surface area contributed by atoms with Gasteiger partial charge in [-0.15, -0.1) is 11.8 Å². The number of thioether (sulfide) groups is 1. The molecule has 2 nitrogen and oxygen atoms in total. The molecule has 4 heteroatoms. The molecule has 0 aliphatic rings. The quantitative estimate of drug-likeness (QED) is 0.798. The van der Waals surface area contributed by atoms with Crippen LogP contribution >= 0.6 is 11.8 Å². The molecule has 0 bridgehead atoms. The number of sulfone groups is 1. The Bertz CT molecular complexity index is 587. The zero-order chi connectivity index (χ0) is 12.3. The Balaban J connectivity index is 2.45. The molecule has 88 valence electrons. The van der Waals surface area contributed by atoms with Crippen LogP contribution in [-0.4, -0.2) is 14.7 Å². The van der Waals surface area contributed by atoms with Gasteiger partial charge in [-0.25, -0.2) is 8.42 Å². The van der Waals surface area contributed by atoms with Crippen LogP contribution in [0.3, 0.4) is 0 Å². The lowest BCUT2D eigenvalue weighted by Gasteiger charge is -2.04. The predicted octanol–water partition coefficient (Wildman–Crippen LogP) is 3.24. The Morgan fingerprint density at radius 1 is 0.824 bits per heavy atom. The second-order valence-electron chi connectivity index (χ2n) is 3.49. The maximum atomic E-state index is 12.2. The topological polar surface area (TPSA) is 34.1 Å². The third-order valence-electron chi connectivity index (χ3n) is 2.42. The van der Waals surface area contributed by atoms with E-state index in [0.717, 1.165) is 4.90 Å². The Morgan fingerprint density at radius 3 is 1.88 bits per heavy atom. The molecule has 0 amide bonds. The fraction of sp³-hybridized carbons (Fsp3) is 0.0769. The van der Waals surface area contributed by atoms with E-state index in [0.29, 0.717) is 9.79 Å². The highest BCUT2D eigenvalue weighted by Crippen LogP contribution is 2.23. The summed E-state index contributed by atoms with van der Waals surface area (Å²) < 4.78 is 24.5. The molecule has 2 aromatic carbocycles. The van der Waals surface area contributed by atoms with E-state index < -0.39 is 9.84 Å². The lowest BCUT2D eigenvalue weighted by atomic mass is 10.4. The number of benzene rings is 2. The van der Waals surface area contributed by atoms with Gasteiger partial charge in [0, 0.05) is 4.90 Å². The normalized spacial score (nSPS) is 11.4. The lowest BCUT2D eigenvalue weighted by molar-refractivity contribution is 0.596. The van der Waals surface area contributed by atoms with Gasteiger partial charge in [-0.05, 0) is 42.7 Å². The van der Waals surface area contributed by atoms with Crippen molar-refractivity contribution < 1.29 is 8.42 Å². The highest BCUT2D eigenvalue weighted by Gasteiger charge is 2.16. The Labute approximate surface area is 106 Å². The molecule has 2 rings (SSSR count). The lowest BCUT2D eigenvalue weighted by Crippen LogP contribution is -2.01. The summed E-state index contributed by atoms with van der Waals surface area (Å²) in [4.78, 5) is 1.72. The summed E-state index contributed by atoms with van der Waals surface area (Å²) in [6.07, 6.45) is 1.96. The number of rotatable bonds is 3. The zero-order valence-electron chi connectivity index (χ0n) is 9.33. The summed E-state index contributed by atoms with van der Waals surface area (Å²) in [5.74, 6) is 0. The van der Waals surface area contributed by atoms with E-state index in [1.807, 2.05) is 18.4 Å². The molecule has 0 heterocycles. The highest BCUT2D eigenvalue weighted by molar-refractivity contribution is 7.98. The number of hydrogen-bond acceptors (Lipinski definition) is 3. The van der Waals surface area contributed by atoms with Crippen LogP contribution in [0.2, 0.25) is 0 Å². The van der Waals surface area contributed by atoms with Gasteiger partial charge in [-0.3, -0.25) is 0 Å². The molecule has 0 unspecified atom stereocenters. The summed E-state index contributed by atoms with van der Waals surface area (Å²) in [5, 5.41) is 0. The summed E-state index contributed by atoms with van der Waals surface area (Å²) >= 11 is 1.59. The Kier molecular flexibility index (Phi) is 3.54. The van der Waals surface area contributed by atoms with Crippen molar-refractivity contribution in [3.8, 4) is 0 Å². The average Bonchev–Trinajstić information content (AvgIpc) is 2.40. The van der Waals surface area contributed by atoms with E-state index >= 15 is 0 Å². The molecule has 0 aliphatic carbocycles. The average molecular weight is 264 g/mol. The summed E-state index contributed by atoms with van der Waals surface area (Å²) in [6.45, 7) is 0. The number of hydrogen-bond donors (Lipinski definition) is 0. The predicted molar refractivity (Wildman–Crippen MR) is 70.1 cm³/mol. The van der Waals surface area contributed by atoms with Gasteiger partial charge in [-0.2, -0.15) is 0 Å². The van der Waals surface area contributed by atoms with Gasteiger partial charge in [0.1, 0.15) is 0 Å². The molecule has 0 saturated heterocycles. The van der Waals surface area contributed by atoms with E-state index in [-0.39, 0.29) is 0 Å².